The SMILES string of the molecule is Cc1cccc(NC(=NCc2ccccn2)NC(=O)c2ccccc2)c1. The minimum atomic E-state index is -0.217. The number of aromatic nitrogens is 1. The normalized spacial score (nSPS) is 11.0. The molecule has 2 N–H and O–H groups in total. The van der Waals surface area contributed by atoms with Crippen LogP contribution in [0.3, 0.4) is 0 Å². The van der Waals surface area contributed by atoms with Gasteiger partial charge in [0, 0.05) is 17.4 Å². The minimum Gasteiger partial charge on any atom is -0.326 e. The van der Waals surface area contributed by atoms with Gasteiger partial charge in [-0.3, -0.25) is 15.1 Å². The maximum absolute atomic E-state index is 12.5. The molecule has 0 aliphatic rings. The second kappa shape index (κ2) is 8.58. The molecule has 0 spiro atoms. The number of guanidine groups is 1. The van der Waals surface area contributed by atoms with Crippen LogP contribution in [0.25, 0.3) is 0 Å². The van der Waals surface area contributed by atoms with E-state index in [9.17, 15) is 4.79 Å². The number of carbonyl (C=O) groups is 1. The summed E-state index contributed by atoms with van der Waals surface area (Å²) in [5.74, 6) is 0.167. The van der Waals surface area contributed by atoms with Gasteiger partial charge in [-0.05, 0) is 48.9 Å². The third-order valence-electron chi connectivity index (χ3n) is 3.67. The summed E-state index contributed by atoms with van der Waals surface area (Å²) in [5.41, 5.74) is 3.38. The molecule has 0 saturated heterocycles. The van der Waals surface area contributed by atoms with Crippen molar-refractivity contribution in [2.45, 2.75) is 13.5 Å². The second-order valence-electron chi connectivity index (χ2n) is 5.80. The molecule has 130 valence electrons. The summed E-state index contributed by atoms with van der Waals surface area (Å²) in [4.78, 5) is 21.2. The number of anilines is 1. The number of pyridine rings is 1. The van der Waals surface area contributed by atoms with Crippen LogP contribution in [0.4, 0.5) is 5.69 Å². The zero-order valence-corrected chi connectivity index (χ0v) is 14.5. The number of carbonyl (C=O) groups excluding carboxylic acids is 1. The minimum absolute atomic E-state index is 0.217. The van der Waals surface area contributed by atoms with E-state index in [4.69, 9.17) is 0 Å². The average molecular weight is 344 g/mol. The molecule has 3 rings (SSSR count). The fourth-order valence-corrected chi connectivity index (χ4v) is 2.39. The monoisotopic (exact) mass is 344 g/mol. The lowest BCUT2D eigenvalue weighted by atomic mass is 10.2. The van der Waals surface area contributed by atoms with Crippen LogP contribution >= 0.6 is 0 Å². The Kier molecular flexibility index (Phi) is 5.72. The Labute approximate surface area is 152 Å². The molecule has 0 aliphatic heterocycles. The average Bonchev–Trinajstić information content (AvgIpc) is 2.67. The smallest absolute Gasteiger partial charge is 0.257 e. The molecule has 0 unspecified atom stereocenters. The Morgan fingerprint density at radius 1 is 1.00 bits per heavy atom. The third kappa shape index (κ3) is 5.01. The van der Waals surface area contributed by atoms with Crippen molar-refractivity contribution in [3.63, 3.8) is 0 Å². The maximum atomic E-state index is 12.5. The van der Waals surface area contributed by atoms with E-state index in [0.717, 1.165) is 16.9 Å². The third-order valence-corrected chi connectivity index (χ3v) is 3.67. The van der Waals surface area contributed by atoms with Crippen molar-refractivity contribution in [3.8, 4) is 0 Å². The highest BCUT2D eigenvalue weighted by atomic mass is 16.1. The van der Waals surface area contributed by atoms with Gasteiger partial charge in [0.05, 0.1) is 12.2 Å². The van der Waals surface area contributed by atoms with Crippen LogP contribution in [0.5, 0.6) is 0 Å². The predicted molar refractivity (Wildman–Crippen MR) is 104 cm³/mol. The molecule has 1 amide bonds. The lowest BCUT2D eigenvalue weighted by molar-refractivity contribution is 0.0977. The highest BCUT2D eigenvalue weighted by Crippen LogP contribution is 2.10. The van der Waals surface area contributed by atoms with E-state index in [1.165, 1.54) is 0 Å². The summed E-state index contributed by atoms with van der Waals surface area (Å²) in [5, 5.41) is 6.02. The number of benzene rings is 2. The highest BCUT2D eigenvalue weighted by molar-refractivity contribution is 6.09. The molecular weight excluding hydrogens is 324 g/mol. The van der Waals surface area contributed by atoms with Crippen LogP contribution in [0.2, 0.25) is 0 Å². The summed E-state index contributed by atoms with van der Waals surface area (Å²) < 4.78 is 0. The number of nitrogens with zero attached hydrogens (tertiary/aromatic N) is 2. The molecule has 0 atom stereocenters. The summed E-state index contributed by atoms with van der Waals surface area (Å²) in [6.07, 6.45) is 1.72. The number of aliphatic imine (C=N–C) groups is 1. The van der Waals surface area contributed by atoms with Crippen LogP contribution < -0.4 is 10.6 Å². The van der Waals surface area contributed by atoms with E-state index in [1.54, 1.807) is 18.3 Å². The fourth-order valence-electron chi connectivity index (χ4n) is 2.39. The molecule has 26 heavy (non-hydrogen) atoms. The molecule has 0 saturated carbocycles. The molecule has 1 heterocycles. The van der Waals surface area contributed by atoms with Crippen molar-refractivity contribution < 1.29 is 4.79 Å². The standard InChI is InChI=1S/C21H20N4O/c1-16-8-7-12-18(14-16)24-21(23-15-19-11-5-6-13-22-19)25-20(26)17-9-3-2-4-10-17/h2-14H,15H2,1H3,(H2,23,24,25,26). The van der Waals surface area contributed by atoms with Crippen molar-refractivity contribution in [3.05, 3.63) is 95.8 Å². The van der Waals surface area contributed by atoms with Crippen molar-refractivity contribution in [1.82, 2.24) is 10.3 Å². The van der Waals surface area contributed by atoms with Gasteiger partial charge in [0.2, 0.25) is 5.96 Å². The molecule has 3 aromatic rings. The van der Waals surface area contributed by atoms with Gasteiger partial charge in [-0.25, -0.2) is 4.99 Å². The van der Waals surface area contributed by atoms with Crippen LogP contribution in [0, 0.1) is 6.92 Å². The van der Waals surface area contributed by atoms with Gasteiger partial charge >= 0.3 is 0 Å². The zero-order valence-electron chi connectivity index (χ0n) is 14.5. The van der Waals surface area contributed by atoms with Crippen LogP contribution in [0.15, 0.2) is 84.0 Å². The molecule has 5 heteroatoms. The Morgan fingerprint density at radius 3 is 2.54 bits per heavy atom. The van der Waals surface area contributed by atoms with Gasteiger partial charge in [0.15, 0.2) is 0 Å². The molecule has 0 bridgehead atoms. The first-order chi connectivity index (χ1) is 12.7. The van der Waals surface area contributed by atoms with Gasteiger partial charge in [0.1, 0.15) is 0 Å². The zero-order chi connectivity index (χ0) is 18.2. The molecule has 0 aliphatic carbocycles. The largest absolute Gasteiger partial charge is 0.326 e. The van der Waals surface area contributed by atoms with Crippen molar-refractivity contribution in [2.24, 2.45) is 4.99 Å². The van der Waals surface area contributed by atoms with Crippen molar-refractivity contribution in [1.29, 1.82) is 0 Å². The van der Waals surface area contributed by atoms with Gasteiger partial charge in [-0.2, -0.15) is 0 Å². The van der Waals surface area contributed by atoms with Gasteiger partial charge in [-0.1, -0.05) is 36.4 Å². The van der Waals surface area contributed by atoms with E-state index < -0.39 is 0 Å². The summed E-state index contributed by atoms with van der Waals surface area (Å²) >= 11 is 0. The summed E-state index contributed by atoms with van der Waals surface area (Å²) in [6.45, 7) is 2.38. The Bertz CT molecular complexity index is 892. The molecular formula is C21H20N4O. The number of amides is 1. The van der Waals surface area contributed by atoms with E-state index in [-0.39, 0.29) is 5.91 Å². The molecule has 0 fully saturated rings. The van der Waals surface area contributed by atoms with Gasteiger partial charge < -0.3 is 5.32 Å². The number of nitrogens with one attached hydrogen (secondary N) is 2. The molecule has 5 nitrogen and oxygen atoms in total. The number of hydrogen-bond acceptors (Lipinski definition) is 3. The van der Waals surface area contributed by atoms with Crippen LogP contribution in [-0.2, 0) is 6.54 Å². The van der Waals surface area contributed by atoms with Gasteiger partial charge in [-0.15, -0.1) is 0 Å². The first-order valence-corrected chi connectivity index (χ1v) is 8.35. The first kappa shape index (κ1) is 17.4. The number of aryl methyl sites for hydroxylation is 1. The lowest BCUT2D eigenvalue weighted by Crippen LogP contribution is -2.36. The van der Waals surface area contributed by atoms with Gasteiger partial charge in [0.25, 0.3) is 5.91 Å². The Morgan fingerprint density at radius 2 is 1.81 bits per heavy atom. The van der Waals surface area contributed by atoms with E-state index in [0.29, 0.717) is 18.1 Å². The molecule has 0 radical (unpaired) electrons. The Balaban J connectivity index is 1.79. The molecule has 2 aromatic carbocycles. The Hall–Kier alpha value is -3.47. The molecule has 1 aromatic heterocycles. The second-order valence-corrected chi connectivity index (χ2v) is 5.80. The summed E-state index contributed by atoms with van der Waals surface area (Å²) in [7, 11) is 0. The van der Waals surface area contributed by atoms with Crippen LogP contribution in [-0.4, -0.2) is 16.9 Å². The van der Waals surface area contributed by atoms with Crippen LogP contribution in [0.1, 0.15) is 21.6 Å². The highest BCUT2D eigenvalue weighted by Gasteiger charge is 2.09. The van der Waals surface area contributed by atoms with Crippen molar-refractivity contribution >= 4 is 17.6 Å². The van der Waals surface area contributed by atoms with Crippen molar-refractivity contribution in [2.75, 3.05) is 5.32 Å². The fraction of sp³-hybridized carbons (Fsp3) is 0.0952. The van der Waals surface area contributed by atoms with E-state index in [2.05, 4.69) is 20.6 Å². The maximum Gasteiger partial charge on any atom is 0.257 e. The van der Waals surface area contributed by atoms with E-state index >= 15 is 0 Å². The lowest BCUT2D eigenvalue weighted by Gasteiger charge is -2.12. The number of rotatable bonds is 4. The summed E-state index contributed by atoms with van der Waals surface area (Å²) in [6, 6.07) is 22.6. The predicted octanol–water partition coefficient (Wildman–Crippen LogP) is 3.79. The van der Waals surface area contributed by atoms with E-state index in [1.807, 2.05) is 67.6 Å². The number of hydrogen-bond donors (Lipinski definition) is 2. The topological polar surface area (TPSA) is 66.4 Å². The first-order valence-electron chi connectivity index (χ1n) is 8.35. The quantitative estimate of drug-likeness (QED) is 0.559.